The molecule has 0 aliphatic heterocycles. The molecular formula is C7H10IN3. The summed E-state index contributed by atoms with van der Waals surface area (Å²) >= 11 is 2.09. The maximum atomic E-state index is 5.55. The van der Waals surface area contributed by atoms with Crippen molar-refractivity contribution in [2.75, 3.05) is 0 Å². The van der Waals surface area contributed by atoms with Crippen LogP contribution in [-0.2, 0) is 0 Å². The first-order valence-electron chi connectivity index (χ1n) is 2.87. The zero-order chi connectivity index (χ0) is 8.69. The minimum absolute atomic E-state index is 0.547. The molecule has 0 amide bonds. The molecule has 3 nitrogen and oxygen atoms in total. The summed E-state index contributed by atoms with van der Waals surface area (Å²) in [5.41, 5.74) is 9.43. The second kappa shape index (κ2) is 5.96. The molecule has 0 aromatic heterocycles. The summed E-state index contributed by atoms with van der Waals surface area (Å²) in [6, 6.07) is 0. The number of rotatable bonds is 4. The Labute approximate surface area is 79.9 Å². The lowest BCUT2D eigenvalue weighted by Crippen LogP contribution is -2.09. The monoisotopic (exact) mass is 263 g/mol. The Morgan fingerprint density at radius 3 is 2.64 bits per heavy atom. The molecule has 11 heavy (non-hydrogen) atoms. The predicted molar refractivity (Wildman–Crippen MR) is 57.3 cm³/mol. The third-order valence-corrected chi connectivity index (χ3v) is 1.32. The molecule has 0 aromatic rings. The van der Waals surface area contributed by atoms with Crippen LogP contribution in [0.4, 0.5) is 0 Å². The molecule has 0 saturated carbocycles. The Bertz CT molecular complexity index is 206. The maximum Gasteiger partial charge on any atom is 0.0795 e. The summed E-state index contributed by atoms with van der Waals surface area (Å²) in [6.07, 6.45) is 3.33. The van der Waals surface area contributed by atoms with Crippen LogP contribution in [-0.4, -0.2) is 6.72 Å². The lowest BCUT2D eigenvalue weighted by molar-refractivity contribution is 0.913. The molecule has 0 fully saturated rings. The quantitative estimate of drug-likeness (QED) is 0.349. The topological polar surface area (TPSA) is 50.4 Å². The summed E-state index contributed by atoms with van der Waals surface area (Å²) in [6.45, 7) is 6.80. The molecular weight excluding hydrogens is 253 g/mol. The second-order valence-corrected chi connectivity index (χ2v) is 2.35. The number of nitrogens with zero attached hydrogens (tertiary/aromatic N) is 1. The molecule has 0 heterocycles. The third kappa shape index (κ3) is 3.82. The number of halogens is 1. The molecule has 0 aromatic carbocycles. The zero-order valence-corrected chi connectivity index (χ0v) is 8.21. The number of allylic oxidation sites excluding steroid dienone is 2. The number of hydrogen-bond donors (Lipinski definition) is 2. The Balaban J connectivity index is 4.54. The zero-order valence-electron chi connectivity index (χ0n) is 6.05. The molecule has 0 unspecified atom stereocenters. The van der Waals surface area contributed by atoms with Crippen molar-refractivity contribution in [1.82, 2.24) is 5.43 Å². The highest BCUT2D eigenvalue weighted by Crippen LogP contribution is 2.00. The molecule has 0 aliphatic carbocycles. The Morgan fingerprint density at radius 1 is 1.64 bits per heavy atom. The predicted octanol–water partition coefficient (Wildman–Crippen LogP) is 1.50. The minimum Gasteiger partial charge on any atom is -0.397 e. The van der Waals surface area contributed by atoms with Crippen molar-refractivity contribution in [3.05, 3.63) is 34.2 Å². The van der Waals surface area contributed by atoms with E-state index in [1.165, 1.54) is 0 Å². The normalized spacial score (nSPS) is 12.5. The van der Waals surface area contributed by atoms with Gasteiger partial charge in [0, 0.05) is 6.72 Å². The fourth-order valence-corrected chi connectivity index (χ4v) is 0.816. The molecule has 0 aliphatic rings. The molecule has 0 bridgehead atoms. The molecule has 0 atom stereocenters. The fourth-order valence-electron chi connectivity index (χ4n) is 0.456. The average Bonchev–Trinajstić information content (AvgIpc) is 2.03. The van der Waals surface area contributed by atoms with Gasteiger partial charge in [-0.3, -0.25) is 5.43 Å². The summed E-state index contributed by atoms with van der Waals surface area (Å²) in [5.74, 6) is 0. The van der Waals surface area contributed by atoms with E-state index in [1.807, 2.05) is 4.08 Å². The van der Waals surface area contributed by atoms with E-state index in [1.54, 1.807) is 12.2 Å². The number of nitrogens with one attached hydrogen (secondary N) is 1. The lowest BCUT2D eigenvalue weighted by Gasteiger charge is -2.01. The number of hydrazone groups is 1. The van der Waals surface area contributed by atoms with Gasteiger partial charge in [-0.1, -0.05) is 29.2 Å². The van der Waals surface area contributed by atoms with Gasteiger partial charge in [0.25, 0.3) is 0 Å². The molecule has 3 N–H and O–H groups in total. The number of nitrogens with two attached hydrogens (primary N) is 1. The van der Waals surface area contributed by atoms with Gasteiger partial charge in [-0.2, -0.15) is 5.10 Å². The van der Waals surface area contributed by atoms with Crippen molar-refractivity contribution >= 4 is 29.3 Å². The van der Waals surface area contributed by atoms with E-state index in [9.17, 15) is 0 Å². The van der Waals surface area contributed by atoms with Gasteiger partial charge in [-0.15, -0.1) is 0 Å². The molecule has 0 radical (unpaired) electrons. The first-order valence-corrected chi connectivity index (χ1v) is 4.11. The third-order valence-electron chi connectivity index (χ3n) is 0.960. The van der Waals surface area contributed by atoms with Crippen LogP contribution in [0, 0.1) is 0 Å². The summed E-state index contributed by atoms with van der Waals surface area (Å²) in [7, 11) is 0. The Morgan fingerprint density at radius 2 is 2.27 bits per heavy atom. The van der Waals surface area contributed by atoms with Crippen molar-refractivity contribution in [2.45, 2.75) is 0 Å². The fraction of sp³-hybridized carbons (Fsp3) is 0. The largest absolute Gasteiger partial charge is 0.397 e. The van der Waals surface area contributed by atoms with Crippen LogP contribution in [0.15, 0.2) is 39.3 Å². The van der Waals surface area contributed by atoms with Crippen LogP contribution in [0.3, 0.4) is 0 Å². The first-order chi connectivity index (χ1) is 5.26. The van der Waals surface area contributed by atoms with E-state index in [2.05, 4.69) is 46.4 Å². The van der Waals surface area contributed by atoms with Gasteiger partial charge < -0.3 is 5.73 Å². The van der Waals surface area contributed by atoms with Crippen LogP contribution < -0.4 is 11.2 Å². The van der Waals surface area contributed by atoms with E-state index in [0.717, 1.165) is 0 Å². The Hall–Kier alpha value is -0.780. The first kappa shape index (κ1) is 10.2. The molecule has 4 heteroatoms. The van der Waals surface area contributed by atoms with Gasteiger partial charge in [-0.25, -0.2) is 0 Å². The van der Waals surface area contributed by atoms with Gasteiger partial charge in [0.1, 0.15) is 0 Å². The van der Waals surface area contributed by atoms with Crippen LogP contribution in [0.25, 0.3) is 0 Å². The maximum absolute atomic E-state index is 5.55. The summed E-state index contributed by atoms with van der Waals surface area (Å²) in [4.78, 5) is 0. The smallest absolute Gasteiger partial charge is 0.0795 e. The second-order valence-electron chi connectivity index (χ2n) is 1.64. The minimum atomic E-state index is 0.547. The average molecular weight is 263 g/mol. The SMILES string of the molecule is C=C/C(N)=C(\C=C/I)NN=C. The molecule has 0 spiro atoms. The number of hydrogen-bond acceptors (Lipinski definition) is 3. The molecule has 0 rings (SSSR count). The standard InChI is InChI=1S/C7H10IN3/c1-3-6(9)7(4-5-8)11-10-2/h3-5,11H,1-2,9H2/b5-4-,7-6-. The van der Waals surface area contributed by atoms with Gasteiger partial charge in [0.05, 0.1) is 11.4 Å². The van der Waals surface area contributed by atoms with Gasteiger partial charge in [0.15, 0.2) is 0 Å². The highest BCUT2D eigenvalue weighted by molar-refractivity contribution is 14.1. The molecule has 0 saturated heterocycles. The van der Waals surface area contributed by atoms with Crippen LogP contribution in [0.2, 0.25) is 0 Å². The summed E-state index contributed by atoms with van der Waals surface area (Å²) in [5, 5.41) is 3.48. The van der Waals surface area contributed by atoms with Crippen LogP contribution in [0.5, 0.6) is 0 Å². The van der Waals surface area contributed by atoms with E-state index in [4.69, 9.17) is 5.73 Å². The van der Waals surface area contributed by atoms with Gasteiger partial charge in [-0.05, 0) is 16.2 Å². The van der Waals surface area contributed by atoms with E-state index in [0.29, 0.717) is 11.4 Å². The van der Waals surface area contributed by atoms with Crippen LogP contribution in [0.1, 0.15) is 0 Å². The Kier molecular flexibility index (Phi) is 5.54. The van der Waals surface area contributed by atoms with E-state index >= 15 is 0 Å². The van der Waals surface area contributed by atoms with Crippen molar-refractivity contribution < 1.29 is 0 Å². The van der Waals surface area contributed by atoms with Crippen molar-refractivity contribution in [3.8, 4) is 0 Å². The molecule has 60 valence electrons. The van der Waals surface area contributed by atoms with E-state index < -0.39 is 0 Å². The summed E-state index contributed by atoms with van der Waals surface area (Å²) < 4.78 is 1.82. The van der Waals surface area contributed by atoms with Crippen LogP contribution >= 0.6 is 22.6 Å². The van der Waals surface area contributed by atoms with Gasteiger partial charge in [0.2, 0.25) is 0 Å². The van der Waals surface area contributed by atoms with Crippen molar-refractivity contribution in [2.24, 2.45) is 10.8 Å². The highest BCUT2D eigenvalue weighted by Gasteiger charge is 1.92. The van der Waals surface area contributed by atoms with E-state index in [-0.39, 0.29) is 0 Å². The highest BCUT2D eigenvalue weighted by atomic mass is 127. The van der Waals surface area contributed by atoms with Crippen molar-refractivity contribution in [3.63, 3.8) is 0 Å². The van der Waals surface area contributed by atoms with Crippen molar-refractivity contribution in [1.29, 1.82) is 0 Å². The lowest BCUT2D eigenvalue weighted by atomic mass is 10.3. The van der Waals surface area contributed by atoms with Gasteiger partial charge >= 0.3 is 0 Å².